The number of nitrogens with one attached hydrogen (secondary N) is 1. The minimum Gasteiger partial charge on any atom is -0.477 e. The quantitative estimate of drug-likeness (QED) is 0.612. The number of nitro benzene ring substituents is 1. The molecule has 2 N–H and O–H groups in total. The predicted octanol–water partition coefficient (Wildman–Crippen LogP) is 2.27. The van der Waals surface area contributed by atoms with Gasteiger partial charge in [0, 0.05) is 25.4 Å². The lowest BCUT2D eigenvalue weighted by atomic mass is 9.80. The van der Waals surface area contributed by atoms with Crippen LogP contribution >= 0.6 is 0 Å². The number of anilines is 1. The van der Waals surface area contributed by atoms with E-state index in [2.05, 4.69) is 5.32 Å². The van der Waals surface area contributed by atoms with Gasteiger partial charge >= 0.3 is 5.97 Å². The molecule has 108 valence electrons. The van der Waals surface area contributed by atoms with Crippen molar-refractivity contribution in [1.82, 2.24) is 0 Å². The Hall–Kier alpha value is -2.15. The van der Waals surface area contributed by atoms with E-state index in [4.69, 9.17) is 9.84 Å². The van der Waals surface area contributed by atoms with Gasteiger partial charge in [0.1, 0.15) is 5.56 Å². The molecule has 0 unspecified atom stereocenters. The van der Waals surface area contributed by atoms with Crippen LogP contribution in [0.5, 0.6) is 0 Å². The minimum absolute atomic E-state index is 0.208. The van der Waals surface area contributed by atoms with Crippen molar-refractivity contribution in [2.75, 3.05) is 19.0 Å². The number of nitrogens with zero attached hydrogens (tertiary/aromatic N) is 1. The highest BCUT2D eigenvalue weighted by molar-refractivity contribution is 5.93. The second-order valence-electron chi connectivity index (χ2n) is 4.89. The van der Waals surface area contributed by atoms with Gasteiger partial charge in [0.25, 0.3) is 5.69 Å². The average Bonchev–Trinajstić information content (AvgIpc) is 2.37. The smallest absolute Gasteiger partial charge is 0.342 e. The zero-order valence-electron chi connectivity index (χ0n) is 11.1. The van der Waals surface area contributed by atoms with Crippen LogP contribution in [0.25, 0.3) is 0 Å². The average molecular weight is 280 g/mol. The van der Waals surface area contributed by atoms with E-state index >= 15 is 0 Å². The van der Waals surface area contributed by atoms with Crippen LogP contribution in [0.1, 0.15) is 29.6 Å². The molecule has 1 aliphatic carbocycles. The Kier molecular flexibility index (Phi) is 3.89. The Balaban J connectivity index is 2.15. The third-order valence-electron chi connectivity index (χ3n) is 3.74. The molecule has 1 aromatic carbocycles. The van der Waals surface area contributed by atoms with Crippen molar-refractivity contribution < 1.29 is 19.6 Å². The first kappa shape index (κ1) is 14.3. The summed E-state index contributed by atoms with van der Waals surface area (Å²) in [5.74, 6) is -1.31. The van der Waals surface area contributed by atoms with Crippen LogP contribution in [0.15, 0.2) is 18.2 Å². The highest BCUT2D eigenvalue weighted by Crippen LogP contribution is 2.35. The van der Waals surface area contributed by atoms with Gasteiger partial charge in [-0.1, -0.05) is 0 Å². The molecule has 0 atom stereocenters. The maximum absolute atomic E-state index is 10.9. The first-order chi connectivity index (χ1) is 9.47. The van der Waals surface area contributed by atoms with Gasteiger partial charge in [-0.05, 0) is 31.4 Å². The van der Waals surface area contributed by atoms with Crippen LogP contribution in [-0.2, 0) is 4.74 Å². The number of nitro groups is 1. The van der Waals surface area contributed by atoms with Crippen molar-refractivity contribution in [3.05, 3.63) is 33.9 Å². The number of methoxy groups -OCH3 is 1. The molecular formula is C13H16N2O5. The van der Waals surface area contributed by atoms with Crippen molar-refractivity contribution >= 4 is 17.3 Å². The third-order valence-corrected chi connectivity index (χ3v) is 3.74. The summed E-state index contributed by atoms with van der Waals surface area (Å²) in [4.78, 5) is 21.1. The van der Waals surface area contributed by atoms with Crippen molar-refractivity contribution in [2.24, 2.45) is 0 Å². The monoisotopic (exact) mass is 280 g/mol. The van der Waals surface area contributed by atoms with Gasteiger partial charge in [-0.15, -0.1) is 0 Å². The largest absolute Gasteiger partial charge is 0.477 e. The summed E-state index contributed by atoms with van der Waals surface area (Å²) < 4.78 is 5.44. The molecular weight excluding hydrogens is 264 g/mol. The fourth-order valence-electron chi connectivity index (χ4n) is 2.26. The molecule has 0 heterocycles. The van der Waals surface area contributed by atoms with E-state index in [1.165, 1.54) is 18.2 Å². The summed E-state index contributed by atoms with van der Waals surface area (Å²) in [6.45, 7) is 0.549. The molecule has 0 amide bonds. The molecule has 0 aromatic heterocycles. The van der Waals surface area contributed by atoms with E-state index in [0.29, 0.717) is 12.2 Å². The molecule has 20 heavy (non-hydrogen) atoms. The van der Waals surface area contributed by atoms with Gasteiger partial charge in [0.15, 0.2) is 0 Å². The fraction of sp³-hybridized carbons (Fsp3) is 0.462. The standard InChI is InChI=1S/C13H16N2O5/c1-20-13(5-2-6-13)8-14-9-3-4-10(12(16)17)11(7-9)15(18)19/h3-4,7,14H,2,5-6,8H2,1H3,(H,16,17). The van der Waals surface area contributed by atoms with Gasteiger partial charge in [-0.2, -0.15) is 0 Å². The molecule has 7 heteroatoms. The van der Waals surface area contributed by atoms with Crippen LogP contribution in [0.2, 0.25) is 0 Å². The number of hydrogen-bond donors (Lipinski definition) is 2. The maximum Gasteiger partial charge on any atom is 0.342 e. The molecule has 1 fully saturated rings. The Morgan fingerprint density at radius 1 is 1.55 bits per heavy atom. The fourth-order valence-corrected chi connectivity index (χ4v) is 2.26. The lowest BCUT2D eigenvalue weighted by Crippen LogP contribution is -2.45. The molecule has 1 aromatic rings. The summed E-state index contributed by atoms with van der Waals surface area (Å²) in [5, 5.41) is 22.9. The summed E-state index contributed by atoms with van der Waals surface area (Å²) in [6.07, 6.45) is 3.01. The predicted molar refractivity (Wildman–Crippen MR) is 72.1 cm³/mol. The number of ether oxygens (including phenoxy) is 1. The van der Waals surface area contributed by atoms with Crippen LogP contribution in [0, 0.1) is 10.1 Å². The van der Waals surface area contributed by atoms with Crippen molar-refractivity contribution in [3.8, 4) is 0 Å². The van der Waals surface area contributed by atoms with E-state index in [0.717, 1.165) is 19.3 Å². The Bertz CT molecular complexity index is 534. The first-order valence-electron chi connectivity index (χ1n) is 6.28. The number of carbonyl (C=O) groups is 1. The van der Waals surface area contributed by atoms with Crippen LogP contribution in [-0.4, -0.2) is 35.3 Å². The molecule has 0 spiro atoms. The van der Waals surface area contributed by atoms with Crippen molar-refractivity contribution in [2.45, 2.75) is 24.9 Å². The number of benzene rings is 1. The number of carboxylic acids is 1. The van der Waals surface area contributed by atoms with E-state index < -0.39 is 16.6 Å². The molecule has 0 radical (unpaired) electrons. The Labute approximate surface area is 115 Å². The van der Waals surface area contributed by atoms with E-state index in [1.54, 1.807) is 7.11 Å². The van der Waals surface area contributed by atoms with Gasteiger partial charge in [0.2, 0.25) is 0 Å². The highest BCUT2D eigenvalue weighted by Gasteiger charge is 2.36. The van der Waals surface area contributed by atoms with Crippen LogP contribution in [0.4, 0.5) is 11.4 Å². The minimum atomic E-state index is -1.31. The number of carboxylic acid groups (broad SMARTS) is 1. The zero-order valence-corrected chi connectivity index (χ0v) is 11.1. The van der Waals surface area contributed by atoms with Crippen LogP contribution in [0.3, 0.4) is 0 Å². The molecule has 1 aliphatic rings. The lowest BCUT2D eigenvalue weighted by Gasteiger charge is -2.40. The van der Waals surface area contributed by atoms with E-state index in [-0.39, 0.29) is 11.2 Å². The van der Waals surface area contributed by atoms with Crippen molar-refractivity contribution in [1.29, 1.82) is 0 Å². The second kappa shape index (κ2) is 5.46. The third kappa shape index (κ3) is 2.72. The van der Waals surface area contributed by atoms with Gasteiger partial charge < -0.3 is 15.2 Å². The second-order valence-corrected chi connectivity index (χ2v) is 4.89. The van der Waals surface area contributed by atoms with Gasteiger partial charge in [0.05, 0.1) is 10.5 Å². The highest BCUT2D eigenvalue weighted by atomic mass is 16.6. The number of aromatic carboxylic acids is 1. The normalized spacial score (nSPS) is 16.2. The SMILES string of the molecule is COC1(CNc2ccc(C(=O)O)c([N+](=O)[O-])c2)CCC1. The number of rotatable bonds is 6. The molecule has 0 saturated heterocycles. The van der Waals surface area contributed by atoms with Crippen molar-refractivity contribution in [3.63, 3.8) is 0 Å². The topological polar surface area (TPSA) is 102 Å². The summed E-state index contributed by atoms with van der Waals surface area (Å²) in [6, 6.07) is 4.01. The molecule has 7 nitrogen and oxygen atoms in total. The Morgan fingerprint density at radius 3 is 2.70 bits per heavy atom. The Morgan fingerprint density at radius 2 is 2.25 bits per heavy atom. The summed E-state index contributed by atoms with van der Waals surface area (Å²) >= 11 is 0. The van der Waals surface area contributed by atoms with E-state index in [9.17, 15) is 14.9 Å². The molecule has 0 aliphatic heterocycles. The number of hydrogen-bond acceptors (Lipinski definition) is 5. The zero-order chi connectivity index (χ0) is 14.8. The van der Waals surface area contributed by atoms with Gasteiger partial charge in [-0.25, -0.2) is 4.79 Å². The van der Waals surface area contributed by atoms with Crippen LogP contribution < -0.4 is 5.32 Å². The molecule has 0 bridgehead atoms. The molecule has 2 rings (SSSR count). The maximum atomic E-state index is 10.9. The lowest BCUT2D eigenvalue weighted by molar-refractivity contribution is -0.385. The first-order valence-corrected chi connectivity index (χ1v) is 6.28. The van der Waals surface area contributed by atoms with Gasteiger partial charge in [-0.3, -0.25) is 10.1 Å². The molecule has 1 saturated carbocycles. The summed E-state index contributed by atoms with van der Waals surface area (Å²) in [5.41, 5.74) is -0.418. The van der Waals surface area contributed by atoms with E-state index in [1.807, 2.05) is 0 Å². The summed E-state index contributed by atoms with van der Waals surface area (Å²) in [7, 11) is 1.65.